The van der Waals surface area contributed by atoms with Crippen LogP contribution in [0.4, 0.5) is 0 Å². The van der Waals surface area contributed by atoms with Crippen molar-refractivity contribution in [2.24, 2.45) is 11.3 Å². The molecule has 0 heterocycles. The lowest BCUT2D eigenvalue weighted by atomic mass is 9.85. The average Bonchev–Trinajstić information content (AvgIpc) is 1.59. The van der Waals surface area contributed by atoms with Crippen LogP contribution in [0.3, 0.4) is 0 Å². The van der Waals surface area contributed by atoms with Crippen molar-refractivity contribution in [2.45, 2.75) is 34.1 Å². The second-order valence-electron chi connectivity index (χ2n) is 4.20. The molecule has 0 aromatic rings. The van der Waals surface area contributed by atoms with Crippen molar-refractivity contribution in [2.75, 3.05) is 6.61 Å². The first-order chi connectivity index (χ1) is 4.48. The number of rotatable bonds is 4. The molecule has 1 nitrogen and oxygen atoms in total. The molecule has 2 heteroatoms. The molecule has 0 rings (SSSR count). The van der Waals surface area contributed by atoms with E-state index in [1.165, 1.54) is 6.42 Å². The molecule has 0 aliphatic heterocycles. The maximum atomic E-state index is 5.25. The van der Waals surface area contributed by atoms with Gasteiger partial charge in [-0.05, 0) is 17.8 Å². The molecule has 0 radical (unpaired) electrons. The predicted molar refractivity (Wildman–Crippen MR) is 49.1 cm³/mol. The molecule has 0 aromatic carbocycles. The minimum Gasteiger partial charge on any atom is -0.427 e. The summed E-state index contributed by atoms with van der Waals surface area (Å²) >= 11 is 0. The van der Waals surface area contributed by atoms with Crippen LogP contribution in [0.5, 0.6) is 0 Å². The van der Waals surface area contributed by atoms with E-state index in [1.54, 1.807) is 0 Å². The Kier molecular flexibility index (Phi) is 4.21. The summed E-state index contributed by atoms with van der Waals surface area (Å²) in [6, 6.07) is 0. The van der Waals surface area contributed by atoms with Crippen LogP contribution in [0.15, 0.2) is 0 Å². The van der Waals surface area contributed by atoms with Crippen molar-refractivity contribution < 1.29 is 4.43 Å². The van der Waals surface area contributed by atoms with Crippen LogP contribution >= 0.6 is 0 Å². The summed E-state index contributed by atoms with van der Waals surface area (Å²) < 4.78 is 5.25. The molecule has 0 aromatic heterocycles. The van der Waals surface area contributed by atoms with Gasteiger partial charge in [0.2, 0.25) is 0 Å². The summed E-state index contributed by atoms with van der Waals surface area (Å²) in [6.07, 6.45) is 1.26. The fourth-order valence-corrected chi connectivity index (χ4v) is 2.34. The summed E-state index contributed by atoms with van der Waals surface area (Å²) in [5, 5.41) is 0. The standard InChI is InChI=1S/C8H20OSi/c1-7(2)5-8(3,4)6-9-10/h7H,5-6H2,1-4,10H3. The molecule has 0 saturated heterocycles. The Morgan fingerprint density at radius 3 is 2.20 bits per heavy atom. The Balaban J connectivity index is 3.63. The molecule has 0 saturated carbocycles. The summed E-state index contributed by atoms with van der Waals surface area (Å²) in [5.41, 5.74) is 0.385. The monoisotopic (exact) mass is 160 g/mol. The van der Waals surface area contributed by atoms with E-state index in [4.69, 9.17) is 4.43 Å². The molecular formula is C8H20OSi. The molecule has 0 spiro atoms. The fourth-order valence-electron chi connectivity index (χ4n) is 1.55. The minimum atomic E-state index is 0.385. The van der Waals surface area contributed by atoms with E-state index < -0.39 is 0 Å². The van der Waals surface area contributed by atoms with Crippen LogP contribution in [0.1, 0.15) is 34.1 Å². The molecule has 0 amide bonds. The van der Waals surface area contributed by atoms with E-state index in [9.17, 15) is 0 Å². The normalized spacial score (nSPS) is 12.9. The Hall–Kier alpha value is 0.177. The van der Waals surface area contributed by atoms with Crippen LogP contribution in [0.2, 0.25) is 0 Å². The zero-order valence-electron chi connectivity index (χ0n) is 7.90. The topological polar surface area (TPSA) is 9.23 Å². The van der Waals surface area contributed by atoms with E-state index in [-0.39, 0.29) is 0 Å². The second kappa shape index (κ2) is 4.14. The van der Waals surface area contributed by atoms with E-state index in [0.29, 0.717) is 5.41 Å². The van der Waals surface area contributed by atoms with Gasteiger partial charge in [-0.2, -0.15) is 0 Å². The van der Waals surface area contributed by atoms with E-state index in [2.05, 4.69) is 27.7 Å². The highest BCUT2D eigenvalue weighted by Crippen LogP contribution is 2.24. The second-order valence-corrected chi connectivity index (χ2v) is 4.77. The molecule has 0 N–H and O–H groups in total. The summed E-state index contributed by atoms with van der Waals surface area (Å²) in [4.78, 5) is 0. The lowest BCUT2D eigenvalue weighted by Crippen LogP contribution is -2.20. The highest BCUT2D eigenvalue weighted by atomic mass is 28.2. The van der Waals surface area contributed by atoms with Gasteiger partial charge in [-0.1, -0.05) is 27.7 Å². The van der Waals surface area contributed by atoms with Crippen molar-refractivity contribution in [3.05, 3.63) is 0 Å². The molecule has 0 aliphatic rings. The first-order valence-corrected chi connectivity index (χ1v) is 4.78. The molecule has 0 unspecified atom stereocenters. The molecule has 0 bridgehead atoms. The van der Waals surface area contributed by atoms with Crippen LogP contribution in [0.25, 0.3) is 0 Å². The largest absolute Gasteiger partial charge is 0.427 e. The van der Waals surface area contributed by atoms with E-state index in [1.807, 2.05) is 0 Å². The van der Waals surface area contributed by atoms with Crippen molar-refractivity contribution in [3.8, 4) is 0 Å². The van der Waals surface area contributed by atoms with Gasteiger partial charge in [-0.15, -0.1) is 0 Å². The fraction of sp³-hybridized carbons (Fsp3) is 1.00. The van der Waals surface area contributed by atoms with Crippen molar-refractivity contribution in [3.63, 3.8) is 0 Å². The molecule has 0 aliphatic carbocycles. The Bertz CT molecular complexity index is 89.3. The summed E-state index contributed by atoms with van der Waals surface area (Å²) in [6.45, 7) is 9.98. The summed E-state index contributed by atoms with van der Waals surface area (Å²) in [7, 11) is 0.870. The van der Waals surface area contributed by atoms with Gasteiger partial charge in [0.1, 0.15) is 10.5 Å². The van der Waals surface area contributed by atoms with Gasteiger partial charge in [0, 0.05) is 6.61 Å². The molecule has 0 atom stereocenters. The molecule has 0 fully saturated rings. The SMILES string of the molecule is CC(C)CC(C)(C)CO[SiH3]. The van der Waals surface area contributed by atoms with Crippen LogP contribution < -0.4 is 0 Å². The maximum Gasteiger partial charge on any atom is 0.145 e. The third-order valence-electron chi connectivity index (χ3n) is 1.50. The first kappa shape index (κ1) is 10.2. The number of hydrogen-bond donors (Lipinski definition) is 0. The van der Waals surface area contributed by atoms with Crippen LogP contribution in [-0.2, 0) is 4.43 Å². The Morgan fingerprint density at radius 2 is 1.90 bits per heavy atom. The zero-order chi connectivity index (χ0) is 8.20. The van der Waals surface area contributed by atoms with Gasteiger partial charge in [0.15, 0.2) is 0 Å². The van der Waals surface area contributed by atoms with Gasteiger partial charge in [0.05, 0.1) is 0 Å². The van der Waals surface area contributed by atoms with Gasteiger partial charge >= 0.3 is 0 Å². The van der Waals surface area contributed by atoms with Crippen molar-refractivity contribution >= 4 is 10.5 Å². The predicted octanol–water partition coefficient (Wildman–Crippen LogP) is 1.36. The van der Waals surface area contributed by atoms with Gasteiger partial charge < -0.3 is 4.43 Å². The summed E-state index contributed by atoms with van der Waals surface area (Å²) in [5.74, 6) is 0.784. The third kappa shape index (κ3) is 5.00. The van der Waals surface area contributed by atoms with Gasteiger partial charge in [-0.3, -0.25) is 0 Å². The first-order valence-electron chi connectivity index (χ1n) is 3.97. The van der Waals surface area contributed by atoms with E-state index >= 15 is 0 Å². The zero-order valence-corrected chi connectivity index (χ0v) is 9.90. The van der Waals surface area contributed by atoms with Gasteiger partial charge in [0.25, 0.3) is 0 Å². The molecule has 10 heavy (non-hydrogen) atoms. The smallest absolute Gasteiger partial charge is 0.145 e. The molecule has 62 valence electrons. The van der Waals surface area contributed by atoms with Crippen LogP contribution in [0, 0.1) is 11.3 Å². The van der Waals surface area contributed by atoms with Crippen LogP contribution in [-0.4, -0.2) is 17.1 Å². The number of hydrogen-bond acceptors (Lipinski definition) is 1. The highest BCUT2D eigenvalue weighted by molar-refractivity contribution is 5.97. The molecular weight excluding hydrogens is 140 g/mol. The van der Waals surface area contributed by atoms with Crippen molar-refractivity contribution in [1.29, 1.82) is 0 Å². The highest BCUT2D eigenvalue weighted by Gasteiger charge is 2.18. The lowest BCUT2D eigenvalue weighted by molar-refractivity contribution is 0.164. The Morgan fingerprint density at radius 1 is 1.40 bits per heavy atom. The lowest BCUT2D eigenvalue weighted by Gasteiger charge is -2.25. The quantitative estimate of drug-likeness (QED) is 0.564. The Labute approximate surface area is 67.7 Å². The van der Waals surface area contributed by atoms with Gasteiger partial charge in [-0.25, -0.2) is 0 Å². The average molecular weight is 160 g/mol. The maximum absolute atomic E-state index is 5.25. The third-order valence-corrected chi connectivity index (χ3v) is 1.78. The van der Waals surface area contributed by atoms with Crippen molar-refractivity contribution in [1.82, 2.24) is 0 Å². The minimum absolute atomic E-state index is 0.385. The van der Waals surface area contributed by atoms with E-state index in [0.717, 1.165) is 23.0 Å².